The first kappa shape index (κ1) is 12.6. The van der Waals surface area contributed by atoms with Crippen LogP contribution in [0.2, 0.25) is 0 Å². The molecule has 1 unspecified atom stereocenters. The zero-order chi connectivity index (χ0) is 13.5. The number of rotatable bonds is 1. The fraction of sp³-hybridized carbons (Fsp3) is 0.471. The topological polar surface area (TPSA) is 38.9 Å². The van der Waals surface area contributed by atoms with E-state index < -0.39 is 0 Å². The Labute approximate surface area is 115 Å². The molecule has 1 aliphatic rings. The smallest absolute Gasteiger partial charge is 0.0752 e. The van der Waals surface area contributed by atoms with Gasteiger partial charge in [0.15, 0.2) is 0 Å². The molecule has 0 spiro atoms. The average molecular weight is 254 g/mol. The third-order valence-electron chi connectivity index (χ3n) is 4.44. The molecule has 0 radical (unpaired) electrons. The van der Waals surface area contributed by atoms with Crippen LogP contribution in [0.15, 0.2) is 36.5 Å². The first-order chi connectivity index (χ1) is 9.00. The lowest BCUT2D eigenvalue weighted by Crippen LogP contribution is -2.44. The number of nitrogens with zero attached hydrogens (tertiary/aromatic N) is 1. The number of benzene rings is 1. The predicted octanol–water partition coefficient (Wildman–Crippen LogP) is 3.99. The maximum atomic E-state index is 6.78. The zero-order valence-electron chi connectivity index (χ0n) is 11.8. The van der Waals surface area contributed by atoms with E-state index in [0.29, 0.717) is 5.41 Å². The van der Waals surface area contributed by atoms with E-state index in [1.165, 1.54) is 23.8 Å². The minimum absolute atomic E-state index is 0.227. The molecule has 0 saturated heterocycles. The number of nitrogens with two attached hydrogens (primary N) is 1. The van der Waals surface area contributed by atoms with Gasteiger partial charge >= 0.3 is 0 Å². The molecule has 1 saturated carbocycles. The molecular weight excluding hydrogens is 232 g/mol. The van der Waals surface area contributed by atoms with E-state index in [1.54, 1.807) is 0 Å². The quantitative estimate of drug-likeness (QED) is 0.835. The Morgan fingerprint density at radius 1 is 1.11 bits per heavy atom. The average Bonchev–Trinajstić information content (AvgIpc) is 2.36. The molecule has 3 rings (SSSR count). The Morgan fingerprint density at radius 3 is 2.68 bits per heavy atom. The van der Waals surface area contributed by atoms with Gasteiger partial charge in [-0.2, -0.15) is 0 Å². The van der Waals surface area contributed by atoms with Crippen molar-refractivity contribution in [1.29, 1.82) is 0 Å². The van der Waals surface area contributed by atoms with Crippen molar-refractivity contribution >= 4 is 10.9 Å². The van der Waals surface area contributed by atoms with Crippen molar-refractivity contribution < 1.29 is 0 Å². The van der Waals surface area contributed by atoms with Crippen LogP contribution in [0.3, 0.4) is 0 Å². The normalized spacial score (nSPS) is 26.5. The molecule has 0 amide bonds. The Balaban J connectivity index is 2.13. The van der Waals surface area contributed by atoms with E-state index in [0.717, 1.165) is 18.4 Å². The molecular formula is C17H22N2. The van der Waals surface area contributed by atoms with Gasteiger partial charge in [-0.05, 0) is 36.3 Å². The number of hydrogen-bond donors (Lipinski definition) is 1. The lowest BCUT2D eigenvalue weighted by Gasteiger charge is -2.43. The van der Waals surface area contributed by atoms with Gasteiger partial charge < -0.3 is 5.73 Å². The van der Waals surface area contributed by atoms with Gasteiger partial charge in [0, 0.05) is 17.1 Å². The third-order valence-corrected chi connectivity index (χ3v) is 4.44. The summed E-state index contributed by atoms with van der Waals surface area (Å²) in [5.41, 5.74) is 9.17. The molecule has 100 valence electrons. The minimum Gasteiger partial charge on any atom is -0.321 e. The van der Waals surface area contributed by atoms with Gasteiger partial charge in [0.1, 0.15) is 0 Å². The van der Waals surface area contributed by atoms with Gasteiger partial charge in [-0.3, -0.25) is 4.98 Å². The van der Waals surface area contributed by atoms with Crippen molar-refractivity contribution in [3.8, 4) is 0 Å². The van der Waals surface area contributed by atoms with E-state index in [4.69, 9.17) is 5.73 Å². The monoisotopic (exact) mass is 254 g/mol. The summed E-state index contributed by atoms with van der Waals surface area (Å²) in [6.07, 6.45) is 6.43. The molecule has 2 heteroatoms. The summed E-state index contributed by atoms with van der Waals surface area (Å²) in [6.45, 7) is 4.65. The molecule has 1 aliphatic carbocycles. The fourth-order valence-corrected chi connectivity index (χ4v) is 3.65. The SMILES string of the molecule is CC1(C)CCCC(N)(c2cccc3cccnc23)C1. The van der Waals surface area contributed by atoms with Crippen LogP contribution < -0.4 is 5.73 Å². The molecule has 2 aromatic rings. The van der Waals surface area contributed by atoms with Crippen LogP contribution in [0, 0.1) is 5.41 Å². The highest BCUT2D eigenvalue weighted by atomic mass is 14.8. The van der Waals surface area contributed by atoms with Gasteiger partial charge in [0.05, 0.1) is 5.52 Å². The van der Waals surface area contributed by atoms with E-state index >= 15 is 0 Å². The van der Waals surface area contributed by atoms with E-state index in [2.05, 4.69) is 43.1 Å². The molecule has 1 fully saturated rings. The van der Waals surface area contributed by atoms with Crippen LogP contribution in [0.1, 0.15) is 45.1 Å². The fourth-order valence-electron chi connectivity index (χ4n) is 3.65. The van der Waals surface area contributed by atoms with Crippen LogP contribution in [0.25, 0.3) is 10.9 Å². The Bertz CT molecular complexity index is 598. The second-order valence-electron chi connectivity index (χ2n) is 6.73. The standard InChI is InChI=1S/C17H22N2/c1-16(2)9-5-10-17(18,12-16)14-8-3-6-13-7-4-11-19-15(13)14/h3-4,6-8,11H,5,9-10,12,18H2,1-2H3. The molecule has 1 atom stereocenters. The van der Waals surface area contributed by atoms with Gasteiger partial charge in [-0.15, -0.1) is 0 Å². The Morgan fingerprint density at radius 2 is 1.89 bits per heavy atom. The number of para-hydroxylation sites is 1. The summed E-state index contributed by atoms with van der Waals surface area (Å²) in [5.74, 6) is 0. The zero-order valence-corrected chi connectivity index (χ0v) is 11.8. The maximum Gasteiger partial charge on any atom is 0.0752 e. The third kappa shape index (κ3) is 2.25. The molecule has 1 aromatic heterocycles. The first-order valence-electron chi connectivity index (χ1n) is 7.13. The second-order valence-corrected chi connectivity index (χ2v) is 6.73. The summed E-state index contributed by atoms with van der Waals surface area (Å²) in [4.78, 5) is 4.57. The van der Waals surface area contributed by atoms with Crippen molar-refractivity contribution in [2.45, 2.75) is 45.1 Å². The number of pyridine rings is 1. The van der Waals surface area contributed by atoms with Crippen molar-refractivity contribution in [2.24, 2.45) is 11.1 Å². The molecule has 2 N–H and O–H groups in total. The summed E-state index contributed by atoms with van der Waals surface area (Å²) in [6, 6.07) is 10.5. The first-order valence-corrected chi connectivity index (χ1v) is 7.13. The van der Waals surface area contributed by atoms with Gasteiger partial charge in [0.2, 0.25) is 0 Å². The number of aromatic nitrogens is 1. The Hall–Kier alpha value is -1.41. The van der Waals surface area contributed by atoms with Gasteiger partial charge in [0.25, 0.3) is 0 Å². The van der Waals surface area contributed by atoms with Crippen LogP contribution in [0.4, 0.5) is 0 Å². The molecule has 0 aliphatic heterocycles. The van der Waals surface area contributed by atoms with Crippen molar-refractivity contribution in [3.05, 3.63) is 42.1 Å². The highest BCUT2D eigenvalue weighted by molar-refractivity contribution is 5.82. The van der Waals surface area contributed by atoms with Crippen LogP contribution in [0.5, 0.6) is 0 Å². The minimum atomic E-state index is -0.227. The lowest BCUT2D eigenvalue weighted by molar-refractivity contribution is 0.152. The van der Waals surface area contributed by atoms with Crippen molar-refractivity contribution in [3.63, 3.8) is 0 Å². The maximum absolute atomic E-state index is 6.78. The van der Waals surface area contributed by atoms with E-state index in [9.17, 15) is 0 Å². The number of hydrogen-bond acceptors (Lipinski definition) is 2. The van der Waals surface area contributed by atoms with Gasteiger partial charge in [-0.1, -0.05) is 44.5 Å². The summed E-state index contributed by atoms with van der Waals surface area (Å²) < 4.78 is 0. The Kier molecular flexibility index (Phi) is 2.86. The van der Waals surface area contributed by atoms with Crippen LogP contribution >= 0.6 is 0 Å². The largest absolute Gasteiger partial charge is 0.321 e. The lowest BCUT2D eigenvalue weighted by atomic mass is 9.66. The highest BCUT2D eigenvalue weighted by Gasteiger charge is 2.39. The van der Waals surface area contributed by atoms with E-state index in [-0.39, 0.29) is 5.54 Å². The highest BCUT2D eigenvalue weighted by Crippen LogP contribution is 2.45. The summed E-state index contributed by atoms with van der Waals surface area (Å²) in [5, 5.41) is 1.19. The summed E-state index contributed by atoms with van der Waals surface area (Å²) >= 11 is 0. The molecule has 19 heavy (non-hydrogen) atoms. The predicted molar refractivity (Wildman–Crippen MR) is 79.9 cm³/mol. The van der Waals surface area contributed by atoms with Crippen molar-refractivity contribution in [2.75, 3.05) is 0 Å². The van der Waals surface area contributed by atoms with Crippen molar-refractivity contribution in [1.82, 2.24) is 4.98 Å². The molecule has 1 aromatic carbocycles. The van der Waals surface area contributed by atoms with E-state index in [1.807, 2.05) is 12.3 Å². The molecule has 1 heterocycles. The second kappa shape index (κ2) is 4.31. The van der Waals surface area contributed by atoms with Gasteiger partial charge in [-0.25, -0.2) is 0 Å². The van der Waals surface area contributed by atoms with Crippen LogP contribution in [-0.2, 0) is 5.54 Å². The molecule has 0 bridgehead atoms. The number of fused-ring (bicyclic) bond motifs is 1. The molecule has 2 nitrogen and oxygen atoms in total. The summed E-state index contributed by atoms with van der Waals surface area (Å²) in [7, 11) is 0. The van der Waals surface area contributed by atoms with Crippen LogP contribution in [-0.4, -0.2) is 4.98 Å².